The zero-order valence-corrected chi connectivity index (χ0v) is 13.4. The first kappa shape index (κ1) is 18.8. The molecule has 19 heavy (non-hydrogen) atoms. The predicted molar refractivity (Wildman–Crippen MR) is 85.9 cm³/mol. The fourth-order valence-corrected chi connectivity index (χ4v) is 1.95. The fraction of sp³-hybridized carbons (Fsp3) is 1.00. The molecule has 0 bridgehead atoms. The first-order chi connectivity index (χ1) is 9.35. The number of nitrogens with zero attached hydrogens (tertiary/aromatic N) is 1. The lowest BCUT2D eigenvalue weighted by atomic mass is 10.4. The van der Waals surface area contributed by atoms with Crippen LogP contribution in [-0.2, 0) is 0 Å². The van der Waals surface area contributed by atoms with Gasteiger partial charge in [0.1, 0.15) is 0 Å². The van der Waals surface area contributed by atoms with Crippen molar-refractivity contribution in [3.8, 4) is 0 Å². The molecule has 0 rings (SSSR count). The maximum Gasteiger partial charge on any atom is 0.0108 e. The minimum atomic E-state index is 1.11. The van der Waals surface area contributed by atoms with Crippen LogP contribution in [0.3, 0.4) is 0 Å². The smallest absolute Gasteiger partial charge is 0.0108 e. The SMILES string of the molecule is CCCNCCN(CCNCCC)CCNCCC. The van der Waals surface area contributed by atoms with Gasteiger partial charge in [0.25, 0.3) is 0 Å². The molecular weight excluding hydrogens is 236 g/mol. The first-order valence-electron chi connectivity index (χ1n) is 8.19. The van der Waals surface area contributed by atoms with E-state index in [9.17, 15) is 0 Å². The summed E-state index contributed by atoms with van der Waals surface area (Å²) < 4.78 is 0. The van der Waals surface area contributed by atoms with Gasteiger partial charge in [-0.15, -0.1) is 0 Å². The summed E-state index contributed by atoms with van der Waals surface area (Å²) in [4.78, 5) is 2.55. The van der Waals surface area contributed by atoms with Gasteiger partial charge in [0.15, 0.2) is 0 Å². The summed E-state index contributed by atoms with van der Waals surface area (Å²) in [5.74, 6) is 0. The van der Waals surface area contributed by atoms with Crippen LogP contribution in [0.1, 0.15) is 40.0 Å². The van der Waals surface area contributed by atoms with E-state index in [2.05, 4.69) is 41.6 Å². The quantitative estimate of drug-likeness (QED) is 0.393. The summed E-state index contributed by atoms with van der Waals surface area (Å²) in [6, 6.07) is 0. The van der Waals surface area contributed by atoms with Crippen LogP contribution >= 0.6 is 0 Å². The molecule has 0 aromatic carbocycles. The zero-order valence-electron chi connectivity index (χ0n) is 13.4. The average molecular weight is 272 g/mol. The van der Waals surface area contributed by atoms with E-state index < -0.39 is 0 Å². The van der Waals surface area contributed by atoms with E-state index in [0.717, 1.165) is 58.9 Å². The van der Waals surface area contributed by atoms with Crippen molar-refractivity contribution in [1.82, 2.24) is 20.9 Å². The summed E-state index contributed by atoms with van der Waals surface area (Å²) in [5.41, 5.74) is 0. The maximum atomic E-state index is 3.49. The third-order valence-corrected chi connectivity index (χ3v) is 3.09. The molecule has 0 fully saturated rings. The first-order valence-corrected chi connectivity index (χ1v) is 8.19. The number of nitrogens with one attached hydrogen (secondary N) is 3. The largest absolute Gasteiger partial charge is 0.315 e. The predicted octanol–water partition coefficient (Wildman–Crippen LogP) is 1.29. The van der Waals surface area contributed by atoms with Gasteiger partial charge in [-0.1, -0.05) is 20.8 Å². The van der Waals surface area contributed by atoms with Crippen LogP contribution in [-0.4, -0.2) is 63.8 Å². The third-order valence-electron chi connectivity index (χ3n) is 3.09. The van der Waals surface area contributed by atoms with Crippen molar-refractivity contribution in [1.29, 1.82) is 0 Å². The van der Waals surface area contributed by atoms with Gasteiger partial charge in [0.2, 0.25) is 0 Å². The number of hydrogen-bond acceptors (Lipinski definition) is 4. The van der Waals surface area contributed by atoms with Crippen molar-refractivity contribution in [3.63, 3.8) is 0 Å². The Morgan fingerprint density at radius 2 is 0.842 bits per heavy atom. The van der Waals surface area contributed by atoms with Gasteiger partial charge < -0.3 is 16.0 Å². The highest BCUT2D eigenvalue weighted by molar-refractivity contribution is 4.63. The minimum absolute atomic E-state index is 1.11. The van der Waals surface area contributed by atoms with Crippen molar-refractivity contribution < 1.29 is 0 Å². The standard InChI is InChI=1S/C15H36N4/c1-4-7-16-10-13-19(14-11-17-8-5-2)15-12-18-9-6-3/h16-18H,4-15H2,1-3H3. The topological polar surface area (TPSA) is 39.3 Å². The van der Waals surface area contributed by atoms with E-state index in [1.165, 1.54) is 19.3 Å². The van der Waals surface area contributed by atoms with Crippen LogP contribution in [0.25, 0.3) is 0 Å². The van der Waals surface area contributed by atoms with Crippen LogP contribution < -0.4 is 16.0 Å². The van der Waals surface area contributed by atoms with Gasteiger partial charge in [0.05, 0.1) is 0 Å². The molecule has 0 aromatic rings. The van der Waals surface area contributed by atoms with E-state index in [-0.39, 0.29) is 0 Å². The summed E-state index contributed by atoms with van der Waals surface area (Å²) in [7, 11) is 0. The second-order valence-electron chi connectivity index (χ2n) is 5.09. The average Bonchev–Trinajstić information content (AvgIpc) is 2.43. The van der Waals surface area contributed by atoms with Crippen molar-refractivity contribution in [3.05, 3.63) is 0 Å². The number of hydrogen-bond donors (Lipinski definition) is 3. The van der Waals surface area contributed by atoms with Gasteiger partial charge >= 0.3 is 0 Å². The molecule has 4 nitrogen and oxygen atoms in total. The van der Waals surface area contributed by atoms with Crippen molar-refractivity contribution in [2.24, 2.45) is 0 Å². The van der Waals surface area contributed by atoms with Crippen LogP contribution in [0.5, 0.6) is 0 Å². The molecular formula is C15H36N4. The van der Waals surface area contributed by atoms with Crippen molar-refractivity contribution in [2.75, 3.05) is 58.9 Å². The molecule has 0 aliphatic carbocycles. The van der Waals surface area contributed by atoms with Gasteiger partial charge in [0, 0.05) is 39.3 Å². The molecule has 0 saturated carbocycles. The molecule has 3 N–H and O–H groups in total. The highest BCUT2D eigenvalue weighted by atomic mass is 15.2. The van der Waals surface area contributed by atoms with Crippen molar-refractivity contribution in [2.45, 2.75) is 40.0 Å². The van der Waals surface area contributed by atoms with E-state index in [1.807, 2.05) is 0 Å². The van der Waals surface area contributed by atoms with Gasteiger partial charge in [-0.3, -0.25) is 4.90 Å². The minimum Gasteiger partial charge on any atom is -0.315 e. The number of rotatable bonds is 15. The van der Waals surface area contributed by atoms with Gasteiger partial charge in [-0.2, -0.15) is 0 Å². The second kappa shape index (κ2) is 15.9. The Morgan fingerprint density at radius 3 is 1.11 bits per heavy atom. The highest BCUT2D eigenvalue weighted by Gasteiger charge is 2.03. The Bertz CT molecular complexity index is 136. The molecule has 4 heteroatoms. The van der Waals surface area contributed by atoms with Crippen LogP contribution in [0.2, 0.25) is 0 Å². The van der Waals surface area contributed by atoms with Crippen molar-refractivity contribution >= 4 is 0 Å². The molecule has 0 amide bonds. The normalized spacial score (nSPS) is 11.4. The molecule has 0 aliphatic rings. The maximum absolute atomic E-state index is 3.49. The summed E-state index contributed by atoms with van der Waals surface area (Å²) in [5, 5.41) is 10.5. The fourth-order valence-electron chi connectivity index (χ4n) is 1.95. The van der Waals surface area contributed by atoms with E-state index in [4.69, 9.17) is 0 Å². The summed E-state index contributed by atoms with van der Waals surface area (Å²) in [6.45, 7) is 16.8. The van der Waals surface area contributed by atoms with Crippen LogP contribution in [0, 0.1) is 0 Å². The van der Waals surface area contributed by atoms with E-state index in [1.54, 1.807) is 0 Å². The summed E-state index contributed by atoms with van der Waals surface area (Å²) in [6.07, 6.45) is 3.66. The van der Waals surface area contributed by atoms with E-state index in [0.29, 0.717) is 0 Å². The van der Waals surface area contributed by atoms with Gasteiger partial charge in [-0.05, 0) is 38.9 Å². The van der Waals surface area contributed by atoms with Crippen LogP contribution in [0.4, 0.5) is 0 Å². The molecule has 0 spiro atoms. The second-order valence-corrected chi connectivity index (χ2v) is 5.09. The zero-order chi connectivity index (χ0) is 14.2. The lowest BCUT2D eigenvalue weighted by molar-refractivity contribution is 0.272. The Balaban J connectivity index is 3.66. The molecule has 0 aliphatic heterocycles. The molecule has 116 valence electrons. The lowest BCUT2D eigenvalue weighted by Crippen LogP contribution is -2.40. The summed E-state index contributed by atoms with van der Waals surface area (Å²) >= 11 is 0. The molecule has 0 radical (unpaired) electrons. The molecule has 0 heterocycles. The molecule has 0 unspecified atom stereocenters. The Morgan fingerprint density at radius 1 is 0.526 bits per heavy atom. The molecule has 0 aromatic heterocycles. The Labute approximate surface area is 120 Å². The van der Waals surface area contributed by atoms with Crippen LogP contribution in [0.15, 0.2) is 0 Å². The molecule has 0 atom stereocenters. The van der Waals surface area contributed by atoms with E-state index >= 15 is 0 Å². The van der Waals surface area contributed by atoms with Gasteiger partial charge in [-0.25, -0.2) is 0 Å². The highest BCUT2D eigenvalue weighted by Crippen LogP contribution is 1.87. The monoisotopic (exact) mass is 272 g/mol. The third kappa shape index (κ3) is 14.1. The lowest BCUT2D eigenvalue weighted by Gasteiger charge is -2.23. The Hall–Kier alpha value is -0.160. The Kier molecular flexibility index (Phi) is 15.8. The molecule has 0 saturated heterocycles.